The average Bonchev–Trinajstić information content (AvgIpc) is 1.68. The fraction of sp³-hybridized carbons (Fsp3) is 0.333. The van der Waals surface area contributed by atoms with E-state index in [-0.39, 0.29) is 0 Å². The maximum atomic E-state index is 6.64. The van der Waals surface area contributed by atoms with E-state index >= 15 is 0 Å². The molecule has 0 heterocycles. The molecule has 2 nitrogen and oxygen atoms in total. The summed E-state index contributed by atoms with van der Waals surface area (Å²) in [5.74, 6) is 0. The van der Waals surface area contributed by atoms with Crippen LogP contribution in [0.25, 0.3) is 0 Å². The molecule has 2 heteroatoms. The van der Waals surface area contributed by atoms with E-state index < -0.39 is 0 Å². The largest absolute Gasteiger partial charge is 0.309 e. The van der Waals surface area contributed by atoms with Gasteiger partial charge in [-0.3, -0.25) is 4.99 Å². The molecule has 0 aliphatic carbocycles. The van der Waals surface area contributed by atoms with Gasteiger partial charge in [-0.25, -0.2) is 0 Å². The average molecular weight is 110 g/mol. The zero-order valence-corrected chi connectivity index (χ0v) is 5.18. The Morgan fingerprint density at radius 2 is 2.25 bits per heavy atom. The maximum Gasteiger partial charge on any atom is 0.0383 e. The van der Waals surface area contributed by atoms with E-state index in [9.17, 15) is 0 Å². The third kappa shape index (κ3) is 3.28. The Morgan fingerprint density at radius 1 is 1.62 bits per heavy atom. The van der Waals surface area contributed by atoms with Crippen molar-refractivity contribution in [1.82, 2.24) is 0 Å². The lowest BCUT2D eigenvalue weighted by atomic mass is 10.5. The molecule has 0 fully saturated rings. The summed E-state index contributed by atoms with van der Waals surface area (Å²) >= 11 is 0. The lowest BCUT2D eigenvalue weighted by Crippen LogP contribution is -1.69. The van der Waals surface area contributed by atoms with Gasteiger partial charge in [0, 0.05) is 18.1 Å². The van der Waals surface area contributed by atoms with Crippen LogP contribution < -0.4 is 0 Å². The van der Waals surface area contributed by atoms with Crippen molar-refractivity contribution in [3.8, 4) is 0 Å². The lowest BCUT2D eigenvalue weighted by molar-refractivity contribution is 1.32. The summed E-state index contributed by atoms with van der Waals surface area (Å²) in [6.45, 7) is 3.70. The molecule has 0 radical (unpaired) electrons. The minimum atomic E-state index is 0.863. The van der Waals surface area contributed by atoms with Crippen LogP contribution in [0.1, 0.15) is 13.8 Å². The molecule has 1 N–H and O–H groups in total. The summed E-state index contributed by atoms with van der Waals surface area (Å²) < 4.78 is 0. The van der Waals surface area contributed by atoms with Crippen molar-refractivity contribution in [2.24, 2.45) is 4.99 Å². The molecule has 8 heavy (non-hydrogen) atoms. The van der Waals surface area contributed by atoms with Gasteiger partial charge < -0.3 is 5.41 Å². The van der Waals surface area contributed by atoms with Crippen LogP contribution in [0.15, 0.2) is 16.8 Å². The monoisotopic (exact) mass is 110 g/mol. The number of nitrogens with one attached hydrogen (secondary N) is 1. The summed E-state index contributed by atoms with van der Waals surface area (Å²) in [5, 5.41) is 6.64. The van der Waals surface area contributed by atoms with Crippen molar-refractivity contribution in [1.29, 1.82) is 5.41 Å². The Balaban J connectivity index is 3.79. The van der Waals surface area contributed by atoms with Gasteiger partial charge in [0.25, 0.3) is 0 Å². The van der Waals surface area contributed by atoms with Crippen molar-refractivity contribution >= 4 is 12.4 Å². The highest BCUT2D eigenvalue weighted by atomic mass is 14.7. The third-order valence-corrected chi connectivity index (χ3v) is 0.657. The van der Waals surface area contributed by atoms with Gasteiger partial charge in [0.05, 0.1) is 0 Å². The number of rotatable bonds is 2. The molecule has 0 amide bonds. The van der Waals surface area contributed by atoms with Gasteiger partial charge in [-0.2, -0.15) is 0 Å². The summed E-state index contributed by atoms with van der Waals surface area (Å²) in [4.78, 5) is 3.90. The van der Waals surface area contributed by atoms with Gasteiger partial charge in [0.2, 0.25) is 0 Å². The van der Waals surface area contributed by atoms with E-state index in [1.54, 1.807) is 12.3 Å². The first-order valence-corrected chi connectivity index (χ1v) is 2.47. The minimum Gasteiger partial charge on any atom is -0.309 e. The maximum absolute atomic E-state index is 6.64. The van der Waals surface area contributed by atoms with E-state index in [1.807, 2.05) is 13.8 Å². The molecule has 0 bridgehead atoms. The predicted octanol–water partition coefficient (Wildman–Crippen LogP) is 1.63. The number of hydrogen-bond acceptors (Lipinski definition) is 2. The van der Waals surface area contributed by atoms with Gasteiger partial charge in [-0.05, 0) is 19.9 Å². The molecule has 0 aromatic rings. The Labute approximate surface area is 49.5 Å². The van der Waals surface area contributed by atoms with Crippen LogP contribution in [0.3, 0.4) is 0 Å². The van der Waals surface area contributed by atoms with Crippen molar-refractivity contribution in [3.05, 3.63) is 11.8 Å². The zero-order chi connectivity index (χ0) is 6.41. The molecule has 0 spiro atoms. The number of nitrogens with zero attached hydrogens (tertiary/aromatic N) is 1. The topological polar surface area (TPSA) is 36.2 Å². The normalized spacial score (nSPS) is 12.5. The molecular formula is C6H10N2. The second-order valence-corrected chi connectivity index (χ2v) is 1.36. The molecule has 0 aliphatic rings. The van der Waals surface area contributed by atoms with Crippen LogP contribution in [0.2, 0.25) is 0 Å². The Bertz CT molecular complexity index is 122. The van der Waals surface area contributed by atoms with Gasteiger partial charge in [0.15, 0.2) is 0 Å². The first-order chi connectivity index (χ1) is 3.81. The van der Waals surface area contributed by atoms with Crippen LogP contribution in [0.4, 0.5) is 0 Å². The smallest absolute Gasteiger partial charge is 0.0383 e. The van der Waals surface area contributed by atoms with Crippen LogP contribution in [-0.2, 0) is 0 Å². The van der Waals surface area contributed by atoms with Crippen molar-refractivity contribution < 1.29 is 0 Å². The first-order valence-electron chi connectivity index (χ1n) is 2.47. The highest BCUT2D eigenvalue weighted by Crippen LogP contribution is 1.88. The molecule has 44 valence electrons. The molecule has 0 atom stereocenters. The minimum absolute atomic E-state index is 0.863. The molecule has 0 aliphatic heterocycles. The third-order valence-electron chi connectivity index (χ3n) is 0.657. The molecule has 0 unspecified atom stereocenters. The van der Waals surface area contributed by atoms with Crippen molar-refractivity contribution in [2.75, 3.05) is 0 Å². The Morgan fingerprint density at radius 3 is 2.62 bits per heavy atom. The van der Waals surface area contributed by atoms with Gasteiger partial charge in [-0.1, -0.05) is 0 Å². The summed E-state index contributed by atoms with van der Waals surface area (Å²) in [5.41, 5.74) is 0.863. The highest BCUT2D eigenvalue weighted by Gasteiger charge is 1.73. The fourth-order valence-electron chi connectivity index (χ4n) is 0.367. The molecule has 0 aromatic heterocycles. The first kappa shape index (κ1) is 7.08. The quantitative estimate of drug-likeness (QED) is 0.524. The van der Waals surface area contributed by atoms with Crippen molar-refractivity contribution in [2.45, 2.75) is 13.8 Å². The van der Waals surface area contributed by atoms with Gasteiger partial charge in [-0.15, -0.1) is 0 Å². The van der Waals surface area contributed by atoms with Gasteiger partial charge in [0.1, 0.15) is 0 Å². The SMILES string of the molecule is CC=N/C(C)=C\C=N. The summed E-state index contributed by atoms with van der Waals surface area (Å²) in [6, 6.07) is 0. The second kappa shape index (κ2) is 4.24. The lowest BCUT2D eigenvalue weighted by Gasteiger charge is -1.82. The van der Waals surface area contributed by atoms with Crippen LogP contribution in [-0.4, -0.2) is 12.4 Å². The van der Waals surface area contributed by atoms with E-state index in [2.05, 4.69) is 4.99 Å². The molecule has 0 rings (SSSR count). The van der Waals surface area contributed by atoms with E-state index in [4.69, 9.17) is 5.41 Å². The molecular weight excluding hydrogens is 100 g/mol. The number of allylic oxidation sites excluding steroid dienone is 2. The van der Waals surface area contributed by atoms with E-state index in [1.165, 1.54) is 6.21 Å². The Kier molecular flexibility index (Phi) is 3.76. The summed E-state index contributed by atoms with van der Waals surface area (Å²) in [6.07, 6.45) is 4.57. The number of aliphatic imine (C=N–C) groups is 1. The molecule has 0 aromatic carbocycles. The van der Waals surface area contributed by atoms with Crippen LogP contribution in [0, 0.1) is 5.41 Å². The van der Waals surface area contributed by atoms with Crippen molar-refractivity contribution in [3.63, 3.8) is 0 Å². The van der Waals surface area contributed by atoms with Crippen LogP contribution in [0.5, 0.6) is 0 Å². The molecule has 0 saturated carbocycles. The van der Waals surface area contributed by atoms with E-state index in [0.717, 1.165) is 5.70 Å². The Hall–Kier alpha value is -0.920. The highest BCUT2D eigenvalue weighted by molar-refractivity contribution is 5.69. The number of hydrogen-bond donors (Lipinski definition) is 1. The summed E-state index contributed by atoms with van der Waals surface area (Å²) in [7, 11) is 0. The predicted molar refractivity (Wildman–Crippen MR) is 36.7 cm³/mol. The van der Waals surface area contributed by atoms with E-state index in [0.29, 0.717) is 0 Å². The molecule has 0 saturated heterocycles. The fourth-order valence-corrected chi connectivity index (χ4v) is 0.367. The standard InChI is InChI=1S/C6H10N2/c1-3-8-6(2)4-5-7/h3-5,7H,1-2H3/b6-4-,7-5?,8-3?. The zero-order valence-electron chi connectivity index (χ0n) is 5.18. The van der Waals surface area contributed by atoms with Gasteiger partial charge >= 0.3 is 0 Å². The second-order valence-electron chi connectivity index (χ2n) is 1.36. The van der Waals surface area contributed by atoms with Crippen LogP contribution >= 0.6 is 0 Å².